The van der Waals surface area contributed by atoms with Crippen LogP contribution in [-0.2, 0) is 0 Å². The molecule has 0 unspecified atom stereocenters. The number of rotatable bonds is 3. The standard InChI is InChI=1S/C44H25N3O2/c1-3-13-26(14-4-1)32-23-35-41-43(49-42(35)31-20-8-7-17-28(31)32)40(27-15-5-2-6-16-27)45-44(46-41)47-36-21-11-9-18-29(36)33-25-39-34(24-37(33)47)30-19-10-12-22-38(30)48-39/h1-25H. The van der Waals surface area contributed by atoms with Gasteiger partial charge in [-0.1, -0.05) is 121 Å². The number of hydrogen-bond donors (Lipinski definition) is 0. The van der Waals surface area contributed by atoms with Crippen LogP contribution in [0.15, 0.2) is 160 Å². The van der Waals surface area contributed by atoms with E-state index >= 15 is 0 Å². The Kier molecular flexibility index (Phi) is 5.32. The second-order valence-electron chi connectivity index (χ2n) is 12.5. The van der Waals surface area contributed by atoms with Gasteiger partial charge in [-0.05, 0) is 46.8 Å². The van der Waals surface area contributed by atoms with Crippen LogP contribution in [-0.4, -0.2) is 14.5 Å². The van der Waals surface area contributed by atoms with E-state index in [4.69, 9.17) is 18.8 Å². The highest BCUT2D eigenvalue weighted by Gasteiger charge is 2.23. The number of aromatic nitrogens is 3. The average molecular weight is 628 g/mol. The number of fused-ring (bicyclic) bond motifs is 11. The van der Waals surface area contributed by atoms with Crippen LogP contribution in [0.2, 0.25) is 0 Å². The summed E-state index contributed by atoms with van der Waals surface area (Å²) in [6, 6.07) is 52.5. The third-order valence-corrected chi connectivity index (χ3v) is 9.81. The van der Waals surface area contributed by atoms with Gasteiger partial charge in [-0.2, -0.15) is 0 Å². The molecular weight excluding hydrogens is 603 g/mol. The smallest absolute Gasteiger partial charge is 0.236 e. The molecule has 0 N–H and O–H groups in total. The van der Waals surface area contributed by atoms with Crippen molar-refractivity contribution in [3.05, 3.63) is 152 Å². The van der Waals surface area contributed by atoms with Crippen molar-refractivity contribution in [3.8, 4) is 28.3 Å². The van der Waals surface area contributed by atoms with Crippen molar-refractivity contribution in [1.29, 1.82) is 0 Å². The van der Waals surface area contributed by atoms with Gasteiger partial charge in [0.05, 0.1) is 11.0 Å². The average Bonchev–Trinajstić information content (AvgIpc) is 3.83. The predicted molar refractivity (Wildman–Crippen MR) is 199 cm³/mol. The zero-order valence-corrected chi connectivity index (χ0v) is 26.1. The minimum Gasteiger partial charge on any atom is -0.456 e. The molecule has 0 saturated heterocycles. The summed E-state index contributed by atoms with van der Waals surface area (Å²) < 4.78 is 15.4. The molecule has 5 nitrogen and oxygen atoms in total. The summed E-state index contributed by atoms with van der Waals surface area (Å²) in [6.45, 7) is 0. The molecule has 0 spiro atoms. The number of benzene rings is 7. The van der Waals surface area contributed by atoms with Gasteiger partial charge in [0.15, 0.2) is 5.58 Å². The second kappa shape index (κ2) is 9.89. The zero-order chi connectivity index (χ0) is 32.1. The fraction of sp³-hybridized carbons (Fsp3) is 0. The van der Waals surface area contributed by atoms with E-state index in [1.165, 1.54) is 0 Å². The summed E-state index contributed by atoms with van der Waals surface area (Å²) in [6.07, 6.45) is 0. The number of hydrogen-bond acceptors (Lipinski definition) is 4. The van der Waals surface area contributed by atoms with E-state index in [0.29, 0.717) is 11.5 Å². The normalized spacial score (nSPS) is 12.1. The lowest BCUT2D eigenvalue weighted by atomic mass is 9.96. The van der Waals surface area contributed by atoms with Crippen molar-refractivity contribution >= 4 is 76.6 Å². The van der Waals surface area contributed by atoms with Gasteiger partial charge in [0, 0.05) is 37.9 Å². The van der Waals surface area contributed by atoms with Gasteiger partial charge >= 0.3 is 0 Å². The van der Waals surface area contributed by atoms with Gasteiger partial charge in [-0.15, -0.1) is 0 Å². The van der Waals surface area contributed by atoms with Crippen LogP contribution in [0.25, 0.3) is 105 Å². The first-order chi connectivity index (χ1) is 24.3. The summed E-state index contributed by atoms with van der Waals surface area (Å²) in [7, 11) is 0. The van der Waals surface area contributed by atoms with E-state index < -0.39 is 0 Å². The maximum atomic E-state index is 6.84. The van der Waals surface area contributed by atoms with Crippen LogP contribution >= 0.6 is 0 Å². The second-order valence-corrected chi connectivity index (χ2v) is 12.5. The Labute approximate surface area is 279 Å². The maximum Gasteiger partial charge on any atom is 0.236 e. The van der Waals surface area contributed by atoms with Crippen molar-refractivity contribution in [2.24, 2.45) is 0 Å². The molecule has 7 aromatic carbocycles. The van der Waals surface area contributed by atoms with Crippen LogP contribution in [0.4, 0.5) is 0 Å². The highest BCUT2D eigenvalue weighted by molar-refractivity contribution is 6.20. The van der Waals surface area contributed by atoms with Crippen LogP contribution in [0.5, 0.6) is 0 Å². The van der Waals surface area contributed by atoms with E-state index in [0.717, 1.165) is 93.4 Å². The van der Waals surface area contributed by atoms with E-state index in [-0.39, 0.29) is 0 Å². The highest BCUT2D eigenvalue weighted by Crippen LogP contribution is 2.43. The third-order valence-electron chi connectivity index (χ3n) is 9.81. The Balaban J connectivity index is 1.30. The number of para-hydroxylation sites is 2. The summed E-state index contributed by atoms with van der Waals surface area (Å²) >= 11 is 0. The van der Waals surface area contributed by atoms with Crippen molar-refractivity contribution in [3.63, 3.8) is 0 Å². The zero-order valence-electron chi connectivity index (χ0n) is 26.1. The van der Waals surface area contributed by atoms with E-state index in [2.05, 4.69) is 126 Å². The molecule has 0 amide bonds. The first-order valence-corrected chi connectivity index (χ1v) is 16.4. The molecule has 0 atom stereocenters. The first-order valence-electron chi connectivity index (χ1n) is 16.4. The van der Waals surface area contributed by atoms with E-state index in [1.54, 1.807) is 0 Å². The van der Waals surface area contributed by atoms with Gasteiger partial charge < -0.3 is 8.83 Å². The fourth-order valence-electron chi connectivity index (χ4n) is 7.61. The molecule has 228 valence electrons. The SMILES string of the molecule is c1ccc(-c2cc3c4nc(-n5c6ccccc6c6cc7oc8ccccc8c7cc65)nc(-c5ccccc5)c4oc3c3ccccc23)cc1. The molecule has 11 rings (SSSR count). The van der Waals surface area contributed by atoms with E-state index in [9.17, 15) is 0 Å². The van der Waals surface area contributed by atoms with Crippen molar-refractivity contribution < 1.29 is 8.83 Å². The van der Waals surface area contributed by atoms with Crippen LogP contribution < -0.4 is 0 Å². The molecular formula is C44H25N3O2. The molecule has 0 saturated carbocycles. The Morgan fingerprint density at radius 2 is 1.08 bits per heavy atom. The first kappa shape index (κ1) is 26.4. The van der Waals surface area contributed by atoms with Gasteiger partial charge in [0.1, 0.15) is 28.0 Å². The molecule has 0 aliphatic carbocycles. The van der Waals surface area contributed by atoms with Gasteiger partial charge in [0.25, 0.3) is 0 Å². The molecule has 4 aromatic heterocycles. The molecule has 0 fully saturated rings. The molecule has 0 bridgehead atoms. The molecule has 5 heteroatoms. The Morgan fingerprint density at radius 3 is 1.90 bits per heavy atom. The highest BCUT2D eigenvalue weighted by atomic mass is 16.3. The number of nitrogens with zero attached hydrogens (tertiary/aromatic N) is 3. The minimum atomic E-state index is 0.585. The van der Waals surface area contributed by atoms with Crippen LogP contribution in [0.3, 0.4) is 0 Å². The largest absolute Gasteiger partial charge is 0.456 e. The molecule has 0 aliphatic heterocycles. The molecule has 11 aromatic rings. The summed E-state index contributed by atoms with van der Waals surface area (Å²) in [5.41, 5.74) is 10.0. The quantitative estimate of drug-likeness (QED) is 0.196. The topological polar surface area (TPSA) is 57.0 Å². The summed E-state index contributed by atoms with van der Waals surface area (Å²) in [5, 5.41) is 7.47. The Hall–Kier alpha value is -6.72. The number of furan rings is 2. The maximum absolute atomic E-state index is 6.84. The third kappa shape index (κ3) is 3.75. The van der Waals surface area contributed by atoms with Gasteiger partial charge in [0.2, 0.25) is 5.95 Å². The lowest BCUT2D eigenvalue weighted by Crippen LogP contribution is -2.02. The fourth-order valence-corrected chi connectivity index (χ4v) is 7.61. The lowest BCUT2D eigenvalue weighted by molar-refractivity contribution is 0.669. The van der Waals surface area contributed by atoms with Crippen molar-refractivity contribution in [1.82, 2.24) is 14.5 Å². The van der Waals surface area contributed by atoms with Crippen molar-refractivity contribution in [2.75, 3.05) is 0 Å². The van der Waals surface area contributed by atoms with Crippen molar-refractivity contribution in [2.45, 2.75) is 0 Å². The van der Waals surface area contributed by atoms with Gasteiger partial charge in [-0.25, -0.2) is 9.97 Å². The van der Waals surface area contributed by atoms with E-state index in [1.807, 2.05) is 30.3 Å². The van der Waals surface area contributed by atoms with Gasteiger partial charge in [-0.3, -0.25) is 4.57 Å². The monoisotopic (exact) mass is 627 g/mol. The van der Waals surface area contributed by atoms with Crippen LogP contribution in [0, 0.1) is 0 Å². The minimum absolute atomic E-state index is 0.585. The molecule has 49 heavy (non-hydrogen) atoms. The molecule has 0 aliphatic rings. The Morgan fingerprint density at radius 1 is 0.408 bits per heavy atom. The summed E-state index contributed by atoms with van der Waals surface area (Å²) in [5.74, 6) is 0.585. The molecule has 0 radical (unpaired) electrons. The van der Waals surface area contributed by atoms with Crippen LogP contribution in [0.1, 0.15) is 0 Å². The Bertz CT molecular complexity index is 3100. The summed E-state index contributed by atoms with van der Waals surface area (Å²) in [4.78, 5) is 10.7. The lowest BCUT2D eigenvalue weighted by Gasteiger charge is -2.10. The predicted octanol–water partition coefficient (Wildman–Crippen LogP) is 11.9. The molecule has 4 heterocycles.